The maximum Gasteiger partial charge on any atom is 0.321 e. The van der Waals surface area contributed by atoms with Gasteiger partial charge in [-0.1, -0.05) is 30.3 Å². The van der Waals surface area contributed by atoms with E-state index < -0.39 is 6.04 Å². The van der Waals surface area contributed by atoms with E-state index in [-0.39, 0.29) is 23.9 Å². The fourth-order valence-corrected chi connectivity index (χ4v) is 3.84. The van der Waals surface area contributed by atoms with Crippen LogP contribution in [0.15, 0.2) is 54.6 Å². The third-order valence-corrected chi connectivity index (χ3v) is 5.52. The van der Waals surface area contributed by atoms with Crippen LogP contribution in [0.4, 0.5) is 10.5 Å². The van der Waals surface area contributed by atoms with Gasteiger partial charge in [0.25, 0.3) is 0 Å². The predicted molar refractivity (Wildman–Crippen MR) is 127 cm³/mol. The fourth-order valence-electron chi connectivity index (χ4n) is 3.84. The van der Waals surface area contributed by atoms with Crippen LogP contribution in [-0.2, 0) is 16.0 Å². The molecule has 4 amide bonds. The standard InChI is InChI=1S/C25H32N4O4/c1-3-33-22-11-9-20(10-12-22)28-25(32)29-15-13-21(14-16-29)27-24(31)23(26-18(2)30)17-19-7-5-4-6-8-19/h4-12,21,23H,3,13-17H2,1-2H3,(H,26,30)(H,27,31)(H,28,32)/t23-/m1/s1. The van der Waals surface area contributed by atoms with Crippen molar-refractivity contribution >= 4 is 23.5 Å². The van der Waals surface area contributed by atoms with E-state index in [2.05, 4.69) is 16.0 Å². The summed E-state index contributed by atoms with van der Waals surface area (Å²) in [5.41, 5.74) is 1.69. The highest BCUT2D eigenvalue weighted by Crippen LogP contribution is 2.17. The van der Waals surface area contributed by atoms with E-state index in [1.54, 1.807) is 4.90 Å². The van der Waals surface area contributed by atoms with E-state index in [0.717, 1.165) is 11.3 Å². The SMILES string of the molecule is CCOc1ccc(NC(=O)N2CCC(NC(=O)[C@@H](Cc3ccccc3)NC(C)=O)CC2)cc1. The summed E-state index contributed by atoms with van der Waals surface area (Å²) in [6, 6.07) is 16.0. The highest BCUT2D eigenvalue weighted by atomic mass is 16.5. The van der Waals surface area contributed by atoms with Crippen molar-refractivity contribution in [2.24, 2.45) is 0 Å². The number of urea groups is 1. The minimum atomic E-state index is -0.633. The van der Waals surface area contributed by atoms with Gasteiger partial charge in [-0.3, -0.25) is 9.59 Å². The minimum absolute atomic E-state index is 0.0425. The second kappa shape index (κ2) is 11.9. The summed E-state index contributed by atoms with van der Waals surface area (Å²) in [6.07, 6.45) is 1.73. The van der Waals surface area contributed by atoms with Gasteiger partial charge in [0.15, 0.2) is 0 Å². The third-order valence-electron chi connectivity index (χ3n) is 5.52. The maximum absolute atomic E-state index is 12.9. The van der Waals surface area contributed by atoms with Gasteiger partial charge in [0, 0.05) is 38.2 Å². The van der Waals surface area contributed by atoms with Crippen molar-refractivity contribution in [2.45, 2.75) is 45.2 Å². The molecular weight excluding hydrogens is 420 g/mol. The number of hydrogen-bond donors (Lipinski definition) is 3. The van der Waals surface area contributed by atoms with Gasteiger partial charge in [0.1, 0.15) is 11.8 Å². The average molecular weight is 453 g/mol. The van der Waals surface area contributed by atoms with Crippen molar-refractivity contribution < 1.29 is 19.1 Å². The molecule has 1 heterocycles. The number of rotatable bonds is 8. The van der Waals surface area contributed by atoms with E-state index in [9.17, 15) is 14.4 Å². The molecule has 8 nitrogen and oxygen atoms in total. The Bertz CT molecular complexity index is 925. The molecule has 0 aromatic heterocycles. The van der Waals surface area contributed by atoms with Crippen molar-refractivity contribution in [3.63, 3.8) is 0 Å². The first-order chi connectivity index (χ1) is 15.9. The van der Waals surface area contributed by atoms with Gasteiger partial charge in [0.05, 0.1) is 6.61 Å². The zero-order valence-corrected chi connectivity index (χ0v) is 19.2. The van der Waals surface area contributed by atoms with Crippen molar-refractivity contribution in [3.8, 4) is 5.75 Å². The van der Waals surface area contributed by atoms with E-state index in [1.165, 1.54) is 6.92 Å². The molecule has 3 N–H and O–H groups in total. The van der Waals surface area contributed by atoms with Crippen LogP contribution in [0.25, 0.3) is 0 Å². The molecule has 3 rings (SSSR count). The molecule has 0 saturated carbocycles. The van der Waals surface area contributed by atoms with Crippen LogP contribution in [0.5, 0.6) is 5.75 Å². The summed E-state index contributed by atoms with van der Waals surface area (Å²) in [5.74, 6) is 0.315. The number of carbonyl (C=O) groups excluding carboxylic acids is 3. The molecule has 1 aliphatic rings. The Morgan fingerprint density at radius 1 is 1.03 bits per heavy atom. The second-order valence-corrected chi connectivity index (χ2v) is 8.10. The molecule has 1 saturated heterocycles. The van der Waals surface area contributed by atoms with Crippen molar-refractivity contribution in [2.75, 3.05) is 25.0 Å². The molecule has 1 fully saturated rings. The Hall–Kier alpha value is -3.55. The van der Waals surface area contributed by atoms with Crippen LogP contribution in [0.1, 0.15) is 32.3 Å². The number of nitrogens with one attached hydrogen (secondary N) is 3. The van der Waals surface area contributed by atoms with Crippen LogP contribution in [-0.4, -0.2) is 54.5 Å². The van der Waals surface area contributed by atoms with Gasteiger partial charge in [0.2, 0.25) is 11.8 Å². The number of amides is 4. The first-order valence-electron chi connectivity index (χ1n) is 11.3. The van der Waals surface area contributed by atoms with Gasteiger partial charge < -0.3 is 25.6 Å². The molecule has 1 atom stereocenters. The lowest BCUT2D eigenvalue weighted by Gasteiger charge is -2.33. The third kappa shape index (κ3) is 7.52. The molecule has 0 radical (unpaired) electrons. The summed E-state index contributed by atoms with van der Waals surface area (Å²) in [7, 11) is 0. The van der Waals surface area contributed by atoms with Crippen molar-refractivity contribution in [3.05, 3.63) is 60.2 Å². The number of benzene rings is 2. The Morgan fingerprint density at radius 2 is 1.70 bits per heavy atom. The Labute approximate surface area is 194 Å². The number of ether oxygens (including phenoxy) is 1. The summed E-state index contributed by atoms with van der Waals surface area (Å²) >= 11 is 0. The monoisotopic (exact) mass is 452 g/mol. The van der Waals surface area contributed by atoms with E-state index in [1.807, 2.05) is 61.5 Å². The lowest BCUT2D eigenvalue weighted by atomic mass is 10.0. The summed E-state index contributed by atoms with van der Waals surface area (Å²) in [4.78, 5) is 38.8. The van der Waals surface area contributed by atoms with Crippen LogP contribution in [0.3, 0.4) is 0 Å². The van der Waals surface area contributed by atoms with Crippen LogP contribution >= 0.6 is 0 Å². The number of nitrogens with zero attached hydrogens (tertiary/aromatic N) is 1. The zero-order chi connectivity index (χ0) is 23.6. The summed E-state index contributed by atoms with van der Waals surface area (Å²) in [5, 5.41) is 8.70. The fraction of sp³-hybridized carbons (Fsp3) is 0.400. The van der Waals surface area contributed by atoms with E-state index in [4.69, 9.17) is 4.74 Å². The normalized spacial score (nSPS) is 14.8. The summed E-state index contributed by atoms with van der Waals surface area (Å²) < 4.78 is 5.42. The number of hydrogen-bond acceptors (Lipinski definition) is 4. The maximum atomic E-state index is 12.9. The molecular formula is C25H32N4O4. The first kappa shape index (κ1) is 24.1. The Kier molecular flexibility index (Phi) is 8.69. The van der Waals surface area contributed by atoms with E-state index in [0.29, 0.717) is 44.6 Å². The van der Waals surface area contributed by atoms with Crippen molar-refractivity contribution in [1.29, 1.82) is 0 Å². The van der Waals surface area contributed by atoms with Gasteiger partial charge in [-0.25, -0.2) is 4.79 Å². The number of likely N-dealkylation sites (tertiary alicyclic amines) is 1. The van der Waals surface area contributed by atoms with Crippen LogP contribution < -0.4 is 20.7 Å². The second-order valence-electron chi connectivity index (χ2n) is 8.10. The van der Waals surface area contributed by atoms with Crippen LogP contribution in [0, 0.1) is 0 Å². The largest absolute Gasteiger partial charge is 0.494 e. The lowest BCUT2D eigenvalue weighted by Crippen LogP contribution is -2.53. The molecule has 0 unspecified atom stereocenters. The summed E-state index contributed by atoms with van der Waals surface area (Å²) in [6.45, 7) is 5.00. The highest BCUT2D eigenvalue weighted by Gasteiger charge is 2.27. The first-order valence-corrected chi connectivity index (χ1v) is 11.3. The topological polar surface area (TPSA) is 99.8 Å². The molecule has 0 aliphatic carbocycles. The number of piperidine rings is 1. The molecule has 1 aliphatic heterocycles. The molecule has 8 heteroatoms. The Morgan fingerprint density at radius 3 is 2.30 bits per heavy atom. The molecule has 2 aromatic carbocycles. The lowest BCUT2D eigenvalue weighted by molar-refractivity contribution is -0.128. The van der Waals surface area contributed by atoms with E-state index >= 15 is 0 Å². The molecule has 2 aromatic rings. The minimum Gasteiger partial charge on any atom is -0.494 e. The van der Waals surface area contributed by atoms with Crippen LogP contribution in [0.2, 0.25) is 0 Å². The average Bonchev–Trinajstić information content (AvgIpc) is 2.81. The predicted octanol–water partition coefficient (Wildman–Crippen LogP) is 2.95. The number of anilines is 1. The van der Waals surface area contributed by atoms with Gasteiger partial charge in [-0.15, -0.1) is 0 Å². The number of carbonyl (C=O) groups is 3. The smallest absolute Gasteiger partial charge is 0.321 e. The van der Waals surface area contributed by atoms with Crippen molar-refractivity contribution in [1.82, 2.24) is 15.5 Å². The van der Waals surface area contributed by atoms with Gasteiger partial charge in [-0.2, -0.15) is 0 Å². The zero-order valence-electron chi connectivity index (χ0n) is 19.2. The van der Waals surface area contributed by atoms with Gasteiger partial charge in [-0.05, 0) is 49.6 Å². The molecule has 33 heavy (non-hydrogen) atoms. The quantitative estimate of drug-likeness (QED) is 0.573. The highest BCUT2D eigenvalue weighted by molar-refractivity contribution is 5.89. The Balaban J connectivity index is 1.48. The molecule has 176 valence electrons. The van der Waals surface area contributed by atoms with Gasteiger partial charge >= 0.3 is 6.03 Å². The molecule has 0 spiro atoms. The molecule has 0 bridgehead atoms.